The molecule has 1 aromatic heterocycles. The van der Waals surface area contributed by atoms with E-state index >= 15 is 0 Å². The summed E-state index contributed by atoms with van der Waals surface area (Å²) < 4.78 is 6.81. The summed E-state index contributed by atoms with van der Waals surface area (Å²) in [7, 11) is 3.37. The van der Waals surface area contributed by atoms with Crippen molar-refractivity contribution in [3.63, 3.8) is 0 Å². The zero-order valence-corrected chi connectivity index (χ0v) is 12.3. The molecule has 0 unspecified atom stereocenters. The number of thioether (sulfide) groups is 1. The minimum atomic E-state index is 0.0964. The second-order valence-electron chi connectivity index (χ2n) is 4.16. The second kappa shape index (κ2) is 7.04. The Hall–Kier alpha value is -1.89. The van der Waals surface area contributed by atoms with Crippen LogP contribution in [0.15, 0.2) is 29.4 Å². The van der Waals surface area contributed by atoms with Gasteiger partial charge in [0.05, 0.1) is 12.7 Å². The molecule has 1 heterocycles. The van der Waals surface area contributed by atoms with Crippen molar-refractivity contribution in [3.8, 4) is 5.75 Å². The third-order valence-corrected chi connectivity index (χ3v) is 3.86. The molecular weight excluding hydrogens is 276 g/mol. The van der Waals surface area contributed by atoms with Crippen LogP contribution >= 0.6 is 11.8 Å². The van der Waals surface area contributed by atoms with Gasteiger partial charge in [0.15, 0.2) is 5.78 Å². The van der Waals surface area contributed by atoms with Gasteiger partial charge in [0.1, 0.15) is 5.75 Å². The maximum atomic E-state index is 12.1. The molecule has 0 aliphatic rings. The van der Waals surface area contributed by atoms with E-state index in [-0.39, 0.29) is 5.78 Å². The Kier molecular flexibility index (Phi) is 5.11. The number of ether oxygens (including phenoxy) is 1. The first-order valence-corrected chi connectivity index (χ1v) is 7.22. The molecule has 0 bridgehead atoms. The first-order chi connectivity index (χ1) is 9.72. The average Bonchev–Trinajstić information content (AvgIpc) is 2.88. The maximum absolute atomic E-state index is 12.1. The van der Waals surface area contributed by atoms with E-state index in [2.05, 4.69) is 15.5 Å². The number of hydrogen-bond acceptors (Lipinski definition) is 6. The maximum Gasteiger partial charge on any atom is 0.209 e. The number of aromatic nitrogens is 4. The summed E-state index contributed by atoms with van der Waals surface area (Å²) in [4.78, 5) is 12.1. The van der Waals surface area contributed by atoms with Gasteiger partial charge in [0.2, 0.25) is 5.16 Å². The minimum Gasteiger partial charge on any atom is -0.496 e. The van der Waals surface area contributed by atoms with E-state index in [0.29, 0.717) is 17.7 Å². The van der Waals surface area contributed by atoms with E-state index < -0.39 is 0 Å². The van der Waals surface area contributed by atoms with E-state index in [1.807, 2.05) is 12.1 Å². The van der Waals surface area contributed by atoms with Gasteiger partial charge in [-0.05, 0) is 29.0 Å². The Labute approximate surface area is 121 Å². The van der Waals surface area contributed by atoms with Crippen LogP contribution in [0.4, 0.5) is 0 Å². The molecule has 20 heavy (non-hydrogen) atoms. The highest BCUT2D eigenvalue weighted by Gasteiger charge is 2.11. The molecule has 6 nitrogen and oxygen atoms in total. The topological polar surface area (TPSA) is 69.9 Å². The van der Waals surface area contributed by atoms with Crippen molar-refractivity contribution >= 4 is 17.5 Å². The number of para-hydroxylation sites is 1. The fourth-order valence-corrected chi connectivity index (χ4v) is 2.54. The fourth-order valence-electron chi connectivity index (χ4n) is 1.75. The Bertz CT molecular complexity index is 585. The summed E-state index contributed by atoms with van der Waals surface area (Å²) in [5.74, 6) is 1.52. The van der Waals surface area contributed by atoms with Gasteiger partial charge < -0.3 is 4.74 Å². The monoisotopic (exact) mass is 292 g/mol. The largest absolute Gasteiger partial charge is 0.496 e. The lowest BCUT2D eigenvalue weighted by Crippen LogP contribution is -2.02. The number of benzene rings is 1. The first-order valence-electron chi connectivity index (χ1n) is 6.23. The molecule has 0 saturated heterocycles. The smallest absolute Gasteiger partial charge is 0.209 e. The van der Waals surface area contributed by atoms with Crippen LogP contribution in [0.3, 0.4) is 0 Å². The lowest BCUT2D eigenvalue weighted by atomic mass is 10.1. The van der Waals surface area contributed by atoms with Gasteiger partial charge in [0.25, 0.3) is 0 Å². The standard InChI is InChI=1S/C13H16N4O2S/c1-17-13(14-15-16-17)20-9-5-7-11(18)10-6-3-4-8-12(10)19-2/h3-4,6,8H,5,7,9H2,1-2H3. The van der Waals surface area contributed by atoms with Crippen molar-refractivity contribution in [3.05, 3.63) is 29.8 Å². The zero-order valence-electron chi connectivity index (χ0n) is 11.4. The molecule has 0 amide bonds. The number of aryl methyl sites for hydroxylation is 1. The van der Waals surface area contributed by atoms with Crippen LogP contribution in [0.25, 0.3) is 0 Å². The van der Waals surface area contributed by atoms with E-state index in [0.717, 1.165) is 17.3 Å². The molecule has 0 aliphatic heterocycles. The van der Waals surface area contributed by atoms with Gasteiger partial charge in [-0.15, -0.1) is 5.10 Å². The zero-order chi connectivity index (χ0) is 14.4. The average molecular weight is 292 g/mol. The van der Waals surface area contributed by atoms with Crippen molar-refractivity contribution < 1.29 is 9.53 Å². The molecule has 1 aromatic carbocycles. The number of carbonyl (C=O) groups excluding carboxylic acids is 1. The fraction of sp³-hybridized carbons (Fsp3) is 0.385. The summed E-state index contributed by atoms with van der Waals surface area (Å²) in [5, 5.41) is 12.0. The molecule has 0 aliphatic carbocycles. The molecule has 0 N–H and O–H groups in total. The molecule has 0 radical (unpaired) electrons. The second-order valence-corrected chi connectivity index (χ2v) is 5.22. The van der Waals surface area contributed by atoms with Gasteiger partial charge in [-0.1, -0.05) is 23.9 Å². The van der Waals surface area contributed by atoms with Crippen LogP contribution in [-0.2, 0) is 7.05 Å². The number of hydrogen-bond donors (Lipinski definition) is 0. The van der Waals surface area contributed by atoms with Crippen molar-refractivity contribution in [2.45, 2.75) is 18.0 Å². The summed E-state index contributed by atoms with van der Waals surface area (Å²) in [6, 6.07) is 7.29. The summed E-state index contributed by atoms with van der Waals surface area (Å²) in [6.07, 6.45) is 1.26. The van der Waals surface area contributed by atoms with Crippen molar-refractivity contribution in [2.24, 2.45) is 7.05 Å². The highest BCUT2D eigenvalue weighted by atomic mass is 32.2. The lowest BCUT2D eigenvalue weighted by molar-refractivity contribution is 0.0979. The van der Waals surface area contributed by atoms with Gasteiger partial charge in [-0.3, -0.25) is 4.79 Å². The van der Waals surface area contributed by atoms with Crippen molar-refractivity contribution in [1.29, 1.82) is 0 Å². The van der Waals surface area contributed by atoms with Crippen LogP contribution in [0.5, 0.6) is 5.75 Å². The summed E-state index contributed by atoms with van der Waals surface area (Å²) >= 11 is 1.54. The molecule has 0 atom stereocenters. The van der Waals surface area contributed by atoms with Gasteiger partial charge >= 0.3 is 0 Å². The molecule has 7 heteroatoms. The SMILES string of the molecule is COc1ccccc1C(=O)CCCSc1nnnn1C. The minimum absolute atomic E-state index is 0.0964. The van der Waals surface area contributed by atoms with Gasteiger partial charge in [0, 0.05) is 19.2 Å². The van der Waals surface area contributed by atoms with Crippen LogP contribution in [0.2, 0.25) is 0 Å². The molecule has 2 aromatic rings. The first kappa shape index (κ1) is 14.5. The normalized spacial score (nSPS) is 10.5. The number of ketones is 1. The lowest BCUT2D eigenvalue weighted by Gasteiger charge is -2.06. The number of methoxy groups -OCH3 is 1. The highest BCUT2D eigenvalue weighted by molar-refractivity contribution is 7.99. The van der Waals surface area contributed by atoms with Crippen LogP contribution in [0, 0.1) is 0 Å². The van der Waals surface area contributed by atoms with E-state index in [1.165, 1.54) is 0 Å². The predicted molar refractivity (Wildman–Crippen MR) is 76.1 cm³/mol. The van der Waals surface area contributed by atoms with E-state index in [1.54, 1.807) is 42.7 Å². The van der Waals surface area contributed by atoms with Gasteiger partial charge in [-0.2, -0.15) is 0 Å². The molecule has 0 saturated carbocycles. The molecule has 2 rings (SSSR count). The molecular formula is C13H16N4O2S. The number of carbonyl (C=O) groups is 1. The summed E-state index contributed by atoms with van der Waals surface area (Å²) in [5.41, 5.74) is 0.639. The number of tetrazole rings is 1. The molecule has 0 fully saturated rings. The third kappa shape index (κ3) is 3.57. The van der Waals surface area contributed by atoms with Gasteiger partial charge in [-0.25, -0.2) is 4.68 Å². The highest BCUT2D eigenvalue weighted by Crippen LogP contribution is 2.21. The predicted octanol–water partition coefficient (Wildman–Crippen LogP) is 1.97. The van der Waals surface area contributed by atoms with E-state index in [9.17, 15) is 4.79 Å². The van der Waals surface area contributed by atoms with Crippen molar-refractivity contribution in [2.75, 3.05) is 12.9 Å². The third-order valence-electron chi connectivity index (χ3n) is 2.77. The quantitative estimate of drug-likeness (QED) is 0.441. The molecule has 0 spiro atoms. The van der Waals surface area contributed by atoms with Crippen LogP contribution in [-0.4, -0.2) is 38.9 Å². The summed E-state index contributed by atoms with van der Waals surface area (Å²) in [6.45, 7) is 0. The van der Waals surface area contributed by atoms with E-state index in [4.69, 9.17) is 4.74 Å². The number of nitrogens with zero attached hydrogens (tertiary/aromatic N) is 4. The van der Waals surface area contributed by atoms with Crippen LogP contribution in [0.1, 0.15) is 23.2 Å². The number of rotatable bonds is 7. The number of Topliss-reactive ketones (excluding diaryl/α,β-unsaturated/α-hetero) is 1. The van der Waals surface area contributed by atoms with Crippen LogP contribution < -0.4 is 4.74 Å². The van der Waals surface area contributed by atoms with Crippen molar-refractivity contribution in [1.82, 2.24) is 20.2 Å². The Morgan fingerprint density at radius 3 is 2.90 bits per heavy atom. The molecule has 106 valence electrons. The Morgan fingerprint density at radius 1 is 1.40 bits per heavy atom. The Balaban J connectivity index is 1.82. The Morgan fingerprint density at radius 2 is 2.20 bits per heavy atom.